The standard InChI is InChI=1S/C15H19FO3/c16-14-7-3-6-12(9-17)15(14)19-10-13(18)8-11-4-1-2-5-11/h3,6-7,9,11,13,18H,1-2,4-5,8,10H2. The van der Waals surface area contributed by atoms with Crippen molar-refractivity contribution in [2.45, 2.75) is 38.2 Å². The quantitative estimate of drug-likeness (QED) is 0.805. The van der Waals surface area contributed by atoms with E-state index < -0.39 is 11.9 Å². The number of carbonyl (C=O) groups is 1. The first-order valence-corrected chi connectivity index (χ1v) is 6.75. The molecule has 1 saturated carbocycles. The van der Waals surface area contributed by atoms with E-state index in [9.17, 15) is 14.3 Å². The Hall–Kier alpha value is -1.42. The van der Waals surface area contributed by atoms with Crippen LogP contribution in [0.5, 0.6) is 5.75 Å². The Balaban J connectivity index is 1.89. The van der Waals surface area contributed by atoms with Gasteiger partial charge in [0.15, 0.2) is 17.9 Å². The fourth-order valence-electron chi connectivity index (χ4n) is 2.65. The van der Waals surface area contributed by atoms with Gasteiger partial charge in [-0.05, 0) is 24.5 Å². The molecule has 0 bridgehead atoms. The van der Waals surface area contributed by atoms with Crippen molar-refractivity contribution in [3.8, 4) is 5.75 Å². The number of hydrogen-bond acceptors (Lipinski definition) is 3. The summed E-state index contributed by atoms with van der Waals surface area (Å²) in [7, 11) is 0. The van der Waals surface area contributed by atoms with Crippen molar-refractivity contribution in [3.05, 3.63) is 29.6 Å². The van der Waals surface area contributed by atoms with Gasteiger partial charge in [-0.1, -0.05) is 31.7 Å². The van der Waals surface area contributed by atoms with Crippen LogP contribution in [0, 0.1) is 11.7 Å². The zero-order valence-electron chi connectivity index (χ0n) is 10.8. The van der Waals surface area contributed by atoms with Crippen LogP contribution >= 0.6 is 0 Å². The van der Waals surface area contributed by atoms with Crippen LogP contribution < -0.4 is 4.74 Å². The van der Waals surface area contributed by atoms with E-state index in [0.29, 0.717) is 18.6 Å². The van der Waals surface area contributed by atoms with Gasteiger partial charge in [0.05, 0.1) is 11.7 Å². The molecular weight excluding hydrogens is 247 g/mol. The molecule has 1 aliphatic carbocycles. The van der Waals surface area contributed by atoms with E-state index in [0.717, 1.165) is 12.8 Å². The Morgan fingerprint density at radius 2 is 2.16 bits per heavy atom. The third-order valence-corrected chi connectivity index (χ3v) is 3.62. The lowest BCUT2D eigenvalue weighted by atomic mass is 10.0. The Bertz CT molecular complexity index is 427. The first-order chi connectivity index (χ1) is 9.20. The van der Waals surface area contributed by atoms with E-state index in [2.05, 4.69) is 0 Å². The Labute approximate surface area is 112 Å². The van der Waals surface area contributed by atoms with Crippen LogP contribution in [0.1, 0.15) is 42.5 Å². The molecule has 19 heavy (non-hydrogen) atoms. The van der Waals surface area contributed by atoms with Gasteiger partial charge in [-0.25, -0.2) is 4.39 Å². The molecule has 1 atom stereocenters. The second-order valence-corrected chi connectivity index (χ2v) is 5.13. The molecule has 0 aromatic heterocycles. The lowest BCUT2D eigenvalue weighted by Crippen LogP contribution is -2.21. The van der Waals surface area contributed by atoms with E-state index in [1.165, 1.54) is 31.0 Å². The second kappa shape index (κ2) is 6.66. The summed E-state index contributed by atoms with van der Waals surface area (Å²) in [4.78, 5) is 10.8. The first kappa shape index (κ1) is 14.0. The molecule has 0 saturated heterocycles. The van der Waals surface area contributed by atoms with Gasteiger partial charge in [0.2, 0.25) is 0 Å². The topological polar surface area (TPSA) is 46.5 Å². The van der Waals surface area contributed by atoms with E-state index in [-0.39, 0.29) is 17.9 Å². The van der Waals surface area contributed by atoms with E-state index in [4.69, 9.17) is 4.74 Å². The monoisotopic (exact) mass is 266 g/mol. The molecule has 0 heterocycles. The first-order valence-electron chi connectivity index (χ1n) is 6.75. The molecule has 1 N–H and O–H groups in total. The van der Waals surface area contributed by atoms with Crippen molar-refractivity contribution in [3.63, 3.8) is 0 Å². The number of ether oxygens (including phenoxy) is 1. The fourth-order valence-corrected chi connectivity index (χ4v) is 2.65. The smallest absolute Gasteiger partial charge is 0.165 e. The SMILES string of the molecule is O=Cc1cccc(F)c1OCC(O)CC1CCCC1. The number of para-hydroxylation sites is 1. The third-order valence-electron chi connectivity index (χ3n) is 3.62. The van der Waals surface area contributed by atoms with E-state index in [1.54, 1.807) is 0 Å². The lowest BCUT2D eigenvalue weighted by Gasteiger charge is -2.17. The highest BCUT2D eigenvalue weighted by molar-refractivity contribution is 5.79. The van der Waals surface area contributed by atoms with Crippen molar-refractivity contribution in [1.29, 1.82) is 0 Å². The number of carbonyl (C=O) groups excluding carboxylic acids is 1. The van der Waals surface area contributed by atoms with Crippen LogP contribution in [-0.4, -0.2) is 24.1 Å². The van der Waals surface area contributed by atoms with E-state index in [1.807, 2.05) is 0 Å². The molecular formula is C15H19FO3. The normalized spacial score (nSPS) is 17.4. The van der Waals surface area contributed by atoms with Crippen molar-refractivity contribution in [2.24, 2.45) is 5.92 Å². The molecule has 1 unspecified atom stereocenters. The van der Waals surface area contributed by atoms with Gasteiger partial charge in [-0.3, -0.25) is 4.79 Å². The number of rotatable bonds is 6. The predicted molar refractivity (Wildman–Crippen MR) is 69.9 cm³/mol. The van der Waals surface area contributed by atoms with Crippen LogP contribution in [0.4, 0.5) is 4.39 Å². The van der Waals surface area contributed by atoms with Gasteiger partial charge in [-0.2, -0.15) is 0 Å². The minimum atomic E-state index is -0.609. The summed E-state index contributed by atoms with van der Waals surface area (Å²) >= 11 is 0. The summed E-state index contributed by atoms with van der Waals surface area (Å²) in [6.07, 6.45) is 5.38. The van der Waals surface area contributed by atoms with Crippen molar-refractivity contribution >= 4 is 6.29 Å². The van der Waals surface area contributed by atoms with Crippen LogP contribution in [0.2, 0.25) is 0 Å². The summed E-state index contributed by atoms with van der Waals surface area (Å²) in [6, 6.07) is 4.20. The maximum atomic E-state index is 13.5. The highest BCUT2D eigenvalue weighted by atomic mass is 19.1. The van der Waals surface area contributed by atoms with Gasteiger partial charge >= 0.3 is 0 Å². The van der Waals surface area contributed by atoms with Crippen molar-refractivity contribution < 1.29 is 19.0 Å². The minimum Gasteiger partial charge on any atom is -0.487 e. The molecule has 1 aliphatic rings. The predicted octanol–water partition coefficient (Wildman–Crippen LogP) is 2.96. The number of hydrogen-bond donors (Lipinski definition) is 1. The summed E-state index contributed by atoms with van der Waals surface area (Å²) in [5.41, 5.74) is 0.174. The van der Waals surface area contributed by atoms with Gasteiger partial charge in [0.1, 0.15) is 6.61 Å². The number of aliphatic hydroxyl groups excluding tert-OH is 1. The molecule has 4 heteroatoms. The van der Waals surface area contributed by atoms with Gasteiger partial charge in [0, 0.05) is 0 Å². The number of halogens is 1. The summed E-state index contributed by atoms with van der Waals surface area (Å²) in [5.74, 6) is -0.0922. The van der Waals surface area contributed by atoms with Gasteiger partial charge < -0.3 is 9.84 Å². The molecule has 1 fully saturated rings. The molecule has 104 valence electrons. The number of aliphatic hydroxyl groups is 1. The average Bonchev–Trinajstić information content (AvgIpc) is 2.89. The van der Waals surface area contributed by atoms with Crippen molar-refractivity contribution in [1.82, 2.24) is 0 Å². The highest BCUT2D eigenvalue weighted by Crippen LogP contribution is 2.29. The molecule has 0 spiro atoms. The fraction of sp³-hybridized carbons (Fsp3) is 0.533. The van der Waals surface area contributed by atoms with Crippen molar-refractivity contribution in [2.75, 3.05) is 6.61 Å². The Morgan fingerprint density at radius 1 is 1.42 bits per heavy atom. The third kappa shape index (κ3) is 3.77. The average molecular weight is 266 g/mol. The largest absolute Gasteiger partial charge is 0.487 e. The Morgan fingerprint density at radius 3 is 2.84 bits per heavy atom. The minimum absolute atomic E-state index is 0.0261. The maximum absolute atomic E-state index is 13.5. The number of aldehydes is 1. The Kier molecular flexibility index (Phi) is 4.91. The molecule has 2 rings (SSSR count). The van der Waals surface area contributed by atoms with Crippen LogP contribution in [-0.2, 0) is 0 Å². The molecule has 0 aliphatic heterocycles. The van der Waals surface area contributed by atoms with Crippen LogP contribution in [0.3, 0.4) is 0 Å². The summed E-state index contributed by atoms with van der Waals surface area (Å²) < 4.78 is 18.8. The van der Waals surface area contributed by atoms with E-state index >= 15 is 0 Å². The molecule has 3 nitrogen and oxygen atoms in total. The maximum Gasteiger partial charge on any atom is 0.165 e. The van der Waals surface area contributed by atoms with Crippen LogP contribution in [0.25, 0.3) is 0 Å². The van der Waals surface area contributed by atoms with Gasteiger partial charge in [0.25, 0.3) is 0 Å². The molecule has 0 amide bonds. The summed E-state index contributed by atoms with van der Waals surface area (Å²) in [6.45, 7) is 0.0261. The second-order valence-electron chi connectivity index (χ2n) is 5.13. The zero-order valence-corrected chi connectivity index (χ0v) is 10.8. The zero-order chi connectivity index (χ0) is 13.7. The molecule has 1 aromatic rings. The molecule has 0 radical (unpaired) electrons. The number of benzene rings is 1. The van der Waals surface area contributed by atoms with Gasteiger partial charge in [-0.15, -0.1) is 0 Å². The lowest BCUT2D eigenvalue weighted by molar-refractivity contribution is 0.0827. The summed E-state index contributed by atoms with van der Waals surface area (Å²) in [5, 5.41) is 9.89. The molecule has 1 aromatic carbocycles. The van der Waals surface area contributed by atoms with Crippen LogP contribution in [0.15, 0.2) is 18.2 Å². The highest BCUT2D eigenvalue weighted by Gasteiger charge is 2.20.